The monoisotopic (exact) mass is 310 g/mol. The molecule has 116 valence electrons. The van der Waals surface area contributed by atoms with Gasteiger partial charge in [-0.2, -0.15) is 0 Å². The van der Waals surface area contributed by atoms with Crippen LogP contribution in [0.2, 0.25) is 0 Å². The molecule has 0 saturated heterocycles. The first-order valence-corrected chi connectivity index (χ1v) is 6.95. The van der Waals surface area contributed by atoms with Crippen LogP contribution < -0.4 is 11.2 Å². The average Bonchev–Trinajstić information content (AvgIpc) is 2.53. The minimum Gasteiger partial charge on any atom is -0.336 e. The highest BCUT2D eigenvalue weighted by Crippen LogP contribution is 2.19. The molecule has 23 heavy (non-hydrogen) atoms. The fraction of sp³-hybridized carbons (Fsp3) is 0.125. The van der Waals surface area contributed by atoms with E-state index in [0.717, 1.165) is 22.4 Å². The molecule has 3 aromatic rings. The lowest BCUT2D eigenvalue weighted by atomic mass is 10.1. The van der Waals surface area contributed by atoms with Crippen molar-refractivity contribution in [1.82, 2.24) is 19.9 Å². The Balaban J connectivity index is 1.91. The minimum absolute atomic E-state index is 0.0387. The predicted molar refractivity (Wildman–Crippen MR) is 85.2 cm³/mol. The first kappa shape index (κ1) is 14.7. The van der Waals surface area contributed by atoms with Crippen LogP contribution in [0.15, 0.2) is 52.3 Å². The summed E-state index contributed by atoms with van der Waals surface area (Å²) in [6.45, 7) is 0.342. The van der Waals surface area contributed by atoms with Crippen molar-refractivity contribution in [2.24, 2.45) is 0 Å². The molecule has 0 aliphatic carbocycles. The normalized spacial score (nSPS) is 10.7. The van der Waals surface area contributed by atoms with Crippen molar-refractivity contribution in [3.8, 4) is 0 Å². The Kier molecular flexibility index (Phi) is 3.76. The molecule has 0 spiro atoms. The number of nitrogens with one attached hydrogen (secondary N) is 2. The number of hydrogen-bond donors (Lipinski definition) is 2. The lowest BCUT2D eigenvalue weighted by Crippen LogP contribution is -2.32. The van der Waals surface area contributed by atoms with Crippen molar-refractivity contribution < 1.29 is 4.79 Å². The minimum atomic E-state index is -0.703. The van der Waals surface area contributed by atoms with E-state index in [0.29, 0.717) is 6.54 Å². The zero-order valence-corrected chi connectivity index (χ0v) is 12.4. The van der Waals surface area contributed by atoms with Gasteiger partial charge in [0.1, 0.15) is 5.69 Å². The standard InChI is InChI=1S/C16H14N4O3/c1-20(15(22)13-7-14(21)19-16(23)18-13)9-11-4-2-3-10-8-17-6-5-12(10)11/h2-8H,9H2,1H3,(H2,18,19,21,23). The summed E-state index contributed by atoms with van der Waals surface area (Å²) in [5.41, 5.74) is -0.400. The van der Waals surface area contributed by atoms with Gasteiger partial charge in [0.25, 0.3) is 11.5 Å². The maximum absolute atomic E-state index is 12.4. The number of carbonyl (C=O) groups excluding carboxylic acids is 1. The van der Waals surface area contributed by atoms with Crippen molar-refractivity contribution >= 4 is 16.7 Å². The number of H-pyrrole nitrogens is 2. The van der Waals surface area contributed by atoms with Gasteiger partial charge in [-0.3, -0.25) is 19.6 Å². The summed E-state index contributed by atoms with van der Waals surface area (Å²) in [6, 6.07) is 8.73. The first-order valence-electron chi connectivity index (χ1n) is 6.95. The second-order valence-electron chi connectivity index (χ2n) is 5.18. The van der Waals surface area contributed by atoms with Gasteiger partial charge in [0, 0.05) is 37.4 Å². The van der Waals surface area contributed by atoms with Crippen LogP contribution >= 0.6 is 0 Å². The highest BCUT2D eigenvalue weighted by molar-refractivity contribution is 5.92. The van der Waals surface area contributed by atoms with E-state index in [2.05, 4.69) is 9.97 Å². The van der Waals surface area contributed by atoms with E-state index >= 15 is 0 Å². The summed E-state index contributed by atoms with van der Waals surface area (Å²) in [4.78, 5) is 44.9. The number of benzene rings is 1. The third-order valence-electron chi connectivity index (χ3n) is 3.52. The van der Waals surface area contributed by atoms with Gasteiger partial charge in [0.15, 0.2) is 0 Å². The molecule has 3 rings (SSSR count). The molecular formula is C16H14N4O3. The van der Waals surface area contributed by atoms with Crippen molar-refractivity contribution in [3.05, 3.63) is 74.8 Å². The van der Waals surface area contributed by atoms with Gasteiger partial charge in [0.2, 0.25) is 0 Å². The Morgan fingerprint density at radius 1 is 1.22 bits per heavy atom. The zero-order chi connectivity index (χ0) is 16.4. The average molecular weight is 310 g/mol. The molecule has 7 nitrogen and oxygen atoms in total. The molecular weight excluding hydrogens is 296 g/mol. The molecule has 7 heteroatoms. The van der Waals surface area contributed by atoms with Crippen LogP contribution in [0.1, 0.15) is 16.1 Å². The molecule has 0 aliphatic heterocycles. The number of amides is 1. The third kappa shape index (κ3) is 3.03. The number of pyridine rings is 1. The maximum Gasteiger partial charge on any atom is 0.326 e. The van der Waals surface area contributed by atoms with E-state index in [-0.39, 0.29) is 5.69 Å². The number of rotatable bonds is 3. The highest BCUT2D eigenvalue weighted by atomic mass is 16.2. The van der Waals surface area contributed by atoms with Gasteiger partial charge in [-0.25, -0.2) is 4.79 Å². The van der Waals surface area contributed by atoms with Crippen LogP contribution in [0.25, 0.3) is 10.8 Å². The van der Waals surface area contributed by atoms with Crippen LogP contribution in [-0.4, -0.2) is 32.8 Å². The second-order valence-corrected chi connectivity index (χ2v) is 5.18. The molecule has 2 aromatic heterocycles. The molecule has 2 N–H and O–H groups in total. The molecule has 0 radical (unpaired) electrons. The number of carbonyl (C=O) groups is 1. The quantitative estimate of drug-likeness (QED) is 0.750. The van der Waals surface area contributed by atoms with Gasteiger partial charge < -0.3 is 9.88 Å². The summed E-state index contributed by atoms with van der Waals surface area (Å²) >= 11 is 0. The fourth-order valence-electron chi connectivity index (χ4n) is 2.44. The molecule has 0 saturated carbocycles. The van der Waals surface area contributed by atoms with Gasteiger partial charge in [-0.05, 0) is 17.0 Å². The van der Waals surface area contributed by atoms with E-state index in [4.69, 9.17) is 0 Å². The van der Waals surface area contributed by atoms with Gasteiger partial charge in [-0.15, -0.1) is 0 Å². The molecule has 0 unspecified atom stereocenters. The van der Waals surface area contributed by atoms with E-state index in [1.807, 2.05) is 29.2 Å². The Morgan fingerprint density at radius 2 is 2.04 bits per heavy atom. The number of hydrogen-bond acceptors (Lipinski definition) is 4. The Labute approximate surface area is 130 Å². The third-order valence-corrected chi connectivity index (χ3v) is 3.52. The number of aromatic amines is 2. The van der Waals surface area contributed by atoms with Crippen LogP contribution in [0, 0.1) is 0 Å². The molecule has 1 amide bonds. The molecule has 0 atom stereocenters. The fourth-order valence-corrected chi connectivity index (χ4v) is 2.44. The van der Waals surface area contributed by atoms with Crippen LogP contribution in [0.4, 0.5) is 0 Å². The first-order chi connectivity index (χ1) is 11.0. The van der Waals surface area contributed by atoms with E-state index in [1.165, 1.54) is 4.90 Å². The van der Waals surface area contributed by atoms with E-state index in [1.54, 1.807) is 19.4 Å². The number of fused-ring (bicyclic) bond motifs is 1. The second kappa shape index (κ2) is 5.88. The summed E-state index contributed by atoms with van der Waals surface area (Å²) in [7, 11) is 1.61. The van der Waals surface area contributed by atoms with Crippen LogP contribution in [0.5, 0.6) is 0 Å². The number of aromatic nitrogens is 3. The van der Waals surface area contributed by atoms with Gasteiger partial charge >= 0.3 is 5.69 Å². The topological polar surface area (TPSA) is 98.9 Å². The number of nitrogens with zero attached hydrogens (tertiary/aromatic N) is 2. The Morgan fingerprint density at radius 3 is 2.83 bits per heavy atom. The molecule has 2 heterocycles. The Hall–Kier alpha value is -3.22. The molecule has 0 bridgehead atoms. The Bertz CT molecular complexity index is 957. The molecule has 0 fully saturated rings. The van der Waals surface area contributed by atoms with Crippen molar-refractivity contribution in [2.45, 2.75) is 6.54 Å². The zero-order valence-electron chi connectivity index (χ0n) is 12.4. The molecule has 0 aliphatic rings. The smallest absolute Gasteiger partial charge is 0.326 e. The van der Waals surface area contributed by atoms with E-state index in [9.17, 15) is 14.4 Å². The van der Waals surface area contributed by atoms with Crippen molar-refractivity contribution in [1.29, 1.82) is 0 Å². The van der Waals surface area contributed by atoms with Crippen LogP contribution in [0.3, 0.4) is 0 Å². The van der Waals surface area contributed by atoms with Crippen LogP contribution in [-0.2, 0) is 6.54 Å². The largest absolute Gasteiger partial charge is 0.336 e. The molecule has 1 aromatic carbocycles. The van der Waals surface area contributed by atoms with Crippen molar-refractivity contribution in [3.63, 3.8) is 0 Å². The van der Waals surface area contributed by atoms with Gasteiger partial charge in [-0.1, -0.05) is 18.2 Å². The maximum atomic E-state index is 12.4. The lowest BCUT2D eigenvalue weighted by Gasteiger charge is -2.18. The van der Waals surface area contributed by atoms with E-state index < -0.39 is 17.2 Å². The summed E-state index contributed by atoms with van der Waals surface area (Å²) < 4.78 is 0. The summed E-state index contributed by atoms with van der Waals surface area (Å²) in [6.07, 6.45) is 3.46. The summed E-state index contributed by atoms with van der Waals surface area (Å²) in [5.74, 6) is -0.431. The SMILES string of the molecule is CN(Cc1cccc2cnccc12)C(=O)c1cc(=O)[nH]c(=O)[nH]1. The lowest BCUT2D eigenvalue weighted by molar-refractivity contribution is 0.0779. The predicted octanol–water partition coefficient (Wildman–Crippen LogP) is 0.884. The van der Waals surface area contributed by atoms with Crippen molar-refractivity contribution in [2.75, 3.05) is 7.05 Å². The summed E-state index contributed by atoms with van der Waals surface area (Å²) in [5, 5.41) is 1.98. The highest BCUT2D eigenvalue weighted by Gasteiger charge is 2.15. The van der Waals surface area contributed by atoms with Gasteiger partial charge in [0.05, 0.1) is 0 Å².